The van der Waals surface area contributed by atoms with Crippen LogP contribution >= 0.6 is 0 Å². The molecule has 2 heterocycles. The SMILES string of the molecule is CCN(Cc1cc(C)c(C(=O)OC)o1)CC1CCNCC1. The van der Waals surface area contributed by atoms with Gasteiger partial charge in [-0.05, 0) is 51.4 Å². The number of carbonyl (C=O) groups is 1. The third kappa shape index (κ3) is 4.32. The van der Waals surface area contributed by atoms with Gasteiger partial charge in [0, 0.05) is 12.1 Å². The topological polar surface area (TPSA) is 54.7 Å². The van der Waals surface area contributed by atoms with Crippen LogP contribution in [-0.2, 0) is 11.3 Å². The van der Waals surface area contributed by atoms with Gasteiger partial charge in [-0.15, -0.1) is 0 Å². The summed E-state index contributed by atoms with van der Waals surface area (Å²) in [6, 6.07) is 1.94. The number of hydrogen-bond acceptors (Lipinski definition) is 5. The summed E-state index contributed by atoms with van der Waals surface area (Å²) in [4.78, 5) is 14.0. The van der Waals surface area contributed by atoms with Gasteiger partial charge in [0.15, 0.2) is 0 Å². The lowest BCUT2D eigenvalue weighted by atomic mass is 9.97. The Morgan fingerprint density at radius 3 is 2.81 bits per heavy atom. The summed E-state index contributed by atoms with van der Waals surface area (Å²) in [6.45, 7) is 9.10. The highest BCUT2D eigenvalue weighted by Crippen LogP contribution is 2.19. The number of rotatable bonds is 6. The Kier molecular flexibility index (Phi) is 5.82. The summed E-state index contributed by atoms with van der Waals surface area (Å²) in [5, 5.41) is 3.40. The Hall–Kier alpha value is -1.33. The van der Waals surface area contributed by atoms with Crippen LogP contribution in [0.4, 0.5) is 0 Å². The number of ether oxygens (including phenoxy) is 1. The van der Waals surface area contributed by atoms with Crippen LogP contribution in [0.5, 0.6) is 0 Å². The predicted octanol–water partition coefficient (Wildman–Crippen LogP) is 2.20. The second-order valence-corrected chi connectivity index (χ2v) is 5.74. The van der Waals surface area contributed by atoms with Crippen molar-refractivity contribution in [2.75, 3.05) is 33.3 Å². The molecule has 0 unspecified atom stereocenters. The molecule has 0 bridgehead atoms. The van der Waals surface area contributed by atoms with Crippen LogP contribution in [0.1, 0.15) is 41.6 Å². The van der Waals surface area contributed by atoms with Crippen molar-refractivity contribution in [1.82, 2.24) is 10.2 Å². The van der Waals surface area contributed by atoms with Crippen LogP contribution in [0.2, 0.25) is 0 Å². The largest absolute Gasteiger partial charge is 0.463 e. The molecule has 0 atom stereocenters. The van der Waals surface area contributed by atoms with E-state index in [-0.39, 0.29) is 0 Å². The minimum absolute atomic E-state index is 0.324. The molecule has 0 saturated carbocycles. The molecule has 21 heavy (non-hydrogen) atoms. The van der Waals surface area contributed by atoms with Crippen molar-refractivity contribution in [2.45, 2.75) is 33.2 Å². The molecule has 0 radical (unpaired) electrons. The number of hydrogen-bond donors (Lipinski definition) is 1. The van der Waals surface area contributed by atoms with Crippen molar-refractivity contribution in [3.05, 3.63) is 23.2 Å². The number of nitrogens with one attached hydrogen (secondary N) is 1. The average molecular weight is 294 g/mol. The Bertz CT molecular complexity index is 464. The molecular formula is C16H26N2O3. The highest BCUT2D eigenvalue weighted by atomic mass is 16.5. The molecule has 0 aromatic carbocycles. The van der Waals surface area contributed by atoms with Gasteiger partial charge in [-0.3, -0.25) is 4.90 Å². The van der Waals surface area contributed by atoms with Crippen molar-refractivity contribution >= 4 is 5.97 Å². The molecular weight excluding hydrogens is 268 g/mol. The van der Waals surface area contributed by atoms with Gasteiger partial charge in [-0.1, -0.05) is 6.92 Å². The highest BCUT2D eigenvalue weighted by molar-refractivity contribution is 5.87. The Balaban J connectivity index is 1.96. The van der Waals surface area contributed by atoms with E-state index < -0.39 is 5.97 Å². The lowest BCUT2D eigenvalue weighted by Crippen LogP contribution is -2.35. The fourth-order valence-corrected chi connectivity index (χ4v) is 2.88. The number of aryl methyl sites for hydroxylation is 1. The van der Waals surface area contributed by atoms with Crippen molar-refractivity contribution in [2.24, 2.45) is 5.92 Å². The van der Waals surface area contributed by atoms with Crippen LogP contribution in [0.3, 0.4) is 0 Å². The van der Waals surface area contributed by atoms with Gasteiger partial charge in [0.1, 0.15) is 5.76 Å². The first-order chi connectivity index (χ1) is 10.1. The predicted molar refractivity (Wildman–Crippen MR) is 81.3 cm³/mol. The van der Waals surface area contributed by atoms with Crippen LogP contribution in [0.25, 0.3) is 0 Å². The quantitative estimate of drug-likeness (QED) is 0.815. The Morgan fingerprint density at radius 1 is 1.48 bits per heavy atom. The maximum atomic E-state index is 11.6. The molecule has 0 amide bonds. The smallest absolute Gasteiger partial charge is 0.374 e. The van der Waals surface area contributed by atoms with Gasteiger partial charge in [0.2, 0.25) is 5.76 Å². The molecule has 1 aliphatic heterocycles. The fourth-order valence-electron chi connectivity index (χ4n) is 2.88. The number of esters is 1. The number of piperidine rings is 1. The van der Waals surface area contributed by atoms with E-state index in [1.165, 1.54) is 20.0 Å². The van der Waals surface area contributed by atoms with E-state index in [0.29, 0.717) is 5.76 Å². The molecule has 1 aliphatic rings. The van der Waals surface area contributed by atoms with E-state index in [9.17, 15) is 4.79 Å². The zero-order valence-electron chi connectivity index (χ0n) is 13.3. The molecule has 1 aromatic rings. The zero-order valence-corrected chi connectivity index (χ0v) is 13.3. The van der Waals surface area contributed by atoms with E-state index in [4.69, 9.17) is 9.15 Å². The molecule has 1 saturated heterocycles. The molecule has 2 rings (SSSR count). The lowest BCUT2D eigenvalue weighted by Gasteiger charge is -2.28. The summed E-state index contributed by atoms with van der Waals surface area (Å²) < 4.78 is 10.4. The van der Waals surface area contributed by atoms with E-state index >= 15 is 0 Å². The van der Waals surface area contributed by atoms with Crippen molar-refractivity contribution in [3.8, 4) is 0 Å². The van der Waals surface area contributed by atoms with Gasteiger partial charge in [0.25, 0.3) is 0 Å². The maximum Gasteiger partial charge on any atom is 0.374 e. The molecule has 1 aromatic heterocycles. The number of methoxy groups -OCH3 is 1. The summed E-state index contributed by atoms with van der Waals surface area (Å²) in [5.41, 5.74) is 0.842. The molecule has 5 heteroatoms. The maximum absolute atomic E-state index is 11.6. The number of furan rings is 1. The van der Waals surface area contributed by atoms with E-state index in [0.717, 1.165) is 50.0 Å². The molecule has 118 valence electrons. The highest BCUT2D eigenvalue weighted by Gasteiger charge is 2.20. The van der Waals surface area contributed by atoms with Crippen LogP contribution in [0.15, 0.2) is 10.5 Å². The molecule has 1 N–H and O–H groups in total. The Labute approximate surface area is 126 Å². The second kappa shape index (κ2) is 7.61. The Morgan fingerprint density at radius 2 is 2.19 bits per heavy atom. The zero-order chi connectivity index (χ0) is 15.2. The summed E-state index contributed by atoms with van der Waals surface area (Å²) >= 11 is 0. The minimum atomic E-state index is -0.403. The third-order valence-electron chi connectivity index (χ3n) is 4.14. The standard InChI is InChI=1S/C16H26N2O3/c1-4-18(10-13-5-7-17-8-6-13)11-14-9-12(2)15(21-14)16(19)20-3/h9,13,17H,4-8,10-11H2,1-3H3. The average Bonchev–Trinajstić information content (AvgIpc) is 2.87. The summed E-state index contributed by atoms with van der Waals surface area (Å²) in [7, 11) is 1.37. The van der Waals surface area contributed by atoms with Crippen LogP contribution < -0.4 is 5.32 Å². The van der Waals surface area contributed by atoms with Gasteiger partial charge < -0.3 is 14.5 Å². The van der Waals surface area contributed by atoms with Crippen molar-refractivity contribution < 1.29 is 13.9 Å². The first kappa shape index (κ1) is 16.0. The molecule has 0 aliphatic carbocycles. The normalized spacial score (nSPS) is 16.4. The molecule has 5 nitrogen and oxygen atoms in total. The first-order valence-electron chi connectivity index (χ1n) is 7.74. The third-order valence-corrected chi connectivity index (χ3v) is 4.14. The fraction of sp³-hybridized carbons (Fsp3) is 0.688. The van der Waals surface area contributed by atoms with Crippen LogP contribution in [0, 0.1) is 12.8 Å². The van der Waals surface area contributed by atoms with E-state index in [1.807, 2.05) is 13.0 Å². The van der Waals surface area contributed by atoms with Crippen molar-refractivity contribution in [1.29, 1.82) is 0 Å². The van der Waals surface area contributed by atoms with Gasteiger partial charge in [0.05, 0.1) is 13.7 Å². The number of carbonyl (C=O) groups excluding carboxylic acids is 1. The monoisotopic (exact) mass is 294 g/mol. The number of nitrogens with zero attached hydrogens (tertiary/aromatic N) is 1. The second-order valence-electron chi connectivity index (χ2n) is 5.74. The van der Waals surface area contributed by atoms with E-state index in [1.54, 1.807) is 0 Å². The van der Waals surface area contributed by atoms with Gasteiger partial charge in [-0.2, -0.15) is 0 Å². The van der Waals surface area contributed by atoms with Crippen LogP contribution in [-0.4, -0.2) is 44.2 Å². The first-order valence-corrected chi connectivity index (χ1v) is 7.74. The molecule has 0 spiro atoms. The summed E-state index contributed by atoms with van der Waals surface area (Å²) in [5.74, 6) is 1.51. The van der Waals surface area contributed by atoms with Gasteiger partial charge >= 0.3 is 5.97 Å². The lowest BCUT2D eigenvalue weighted by molar-refractivity contribution is 0.0559. The minimum Gasteiger partial charge on any atom is -0.463 e. The molecule has 1 fully saturated rings. The van der Waals surface area contributed by atoms with Crippen molar-refractivity contribution in [3.63, 3.8) is 0 Å². The summed E-state index contributed by atoms with van der Waals surface area (Å²) in [6.07, 6.45) is 2.47. The van der Waals surface area contributed by atoms with E-state index in [2.05, 4.69) is 17.1 Å². The van der Waals surface area contributed by atoms with Gasteiger partial charge in [-0.25, -0.2) is 4.79 Å².